The van der Waals surface area contributed by atoms with Gasteiger partial charge in [0.05, 0.1) is 5.92 Å². The van der Waals surface area contributed by atoms with Crippen molar-refractivity contribution < 1.29 is 9.59 Å². The fourth-order valence-corrected chi connectivity index (χ4v) is 3.34. The molecule has 3 N–H and O–H groups in total. The lowest BCUT2D eigenvalue weighted by Gasteiger charge is -2.31. The molecular weight excluding hydrogens is 320 g/mol. The van der Waals surface area contributed by atoms with Crippen LogP contribution in [0.15, 0.2) is 10.9 Å². The number of aryl methyl sites for hydroxylation is 2. The van der Waals surface area contributed by atoms with E-state index in [0.29, 0.717) is 18.7 Å². The van der Waals surface area contributed by atoms with Crippen molar-refractivity contribution in [1.29, 1.82) is 0 Å². The Morgan fingerprint density at radius 3 is 2.76 bits per heavy atom. The van der Waals surface area contributed by atoms with Crippen LogP contribution in [0.2, 0.25) is 0 Å². The molecule has 1 aromatic rings. The van der Waals surface area contributed by atoms with Gasteiger partial charge in [0.15, 0.2) is 0 Å². The first-order chi connectivity index (χ1) is 11.8. The lowest BCUT2D eigenvalue weighted by Crippen LogP contribution is -2.42. The van der Waals surface area contributed by atoms with Crippen molar-refractivity contribution in [3.05, 3.63) is 33.2 Å². The van der Waals surface area contributed by atoms with Crippen LogP contribution in [-0.4, -0.2) is 47.5 Å². The van der Waals surface area contributed by atoms with Crippen molar-refractivity contribution >= 4 is 11.8 Å². The van der Waals surface area contributed by atoms with Gasteiger partial charge in [0.2, 0.25) is 5.91 Å². The number of piperidine rings is 1. The summed E-state index contributed by atoms with van der Waals surface area (Å²) in [6.45, 7) is 6.56. The summed E-state index contributed by atoms with van der Waals surface area (Å²) in [5, 5.41) is 2.83. The summed E-state index contributed by atoms with van der Waals surface area (Å²) in [4.78, 5) is 38.1. The van der Waals surface area contributed by atoms with Crippen molar-refractivity contribution in [3.8, 4) is 0 Å². The van der Waals surface area contributed by atoms with Crippen LogP contribution in [0.4, 0.5) is 0 Å². The Labute approximate surface area is 148 Å². The molecule has 1 fully saturated rings. The Morgan fingerprint density at radius 2 is 2.08 bits per heavy atom. The van der Waals surface area contributed by atoms with E-state index in [2.05, 4.69) is 10.2 Å². The monoisotopic (exact) mass is 348 g/mol. The number of rotatable bonds is 6. The van der Waals surface area contributed by atoms with Crippen LogP contribution in [0, 0.1) is 19.8 Å². The second kappa shape index (κ2) is 8.29. The molecule has 7 nitrogen and oxygen atoms in total. The van der Waals surface area contributed by atoms with Gasteiger partial charge >= 0.3 is 0 Å². The Bertz CT molecular complexity index is 711. The first-order valence-corrected chi connectivity index (χ1v) is 8.78. The molecular formula is C18H28N4O3. The number of carbonyl (C=O) groups is 2. The average Bonchev–Trinajstić information content (AvgIpc) is 2.57. The minimum atomic E-state index is -0.327. The topological polar surface area (TPSA) is 97.4 Å². The number of nitrogens with two attached hydrogens (primary N) is 1. The zero-order chi connectivity index (χ0) is 18.6. The normalized spacial score (nSPS) is 18.1. The Kier molecular flexibility index (Phi) is 6.36. The first kappa shape index (κ1) is 19.2. The maximum Gasteiger partial charge on any atom is 0.263 e. The minimum Gasteiger partial charge on any atom is -0.369 e. The summed E-state index contributed by atoms with van der Waals surface area (Å²) < 4.78 is 1.49. The third kappa shape index (κ3) is 4.69. The van der Waals surface area contributed by atoms with Crippen LogP contribution in [0.25, 0.3) is 0 Å². The molecule has 0 aliphatic carbocycles. The van der Waals surface area contributed by atoms with Crippen molar-refractivity contribution in [2.45, 2.75) is 33.1 Å². The third-order valence-electron chi connectivity index (χ3n) is 4.94. The molecule has 7 heteroatoms. The maximum atomic E-state index is 12.3. The fourth-order valence-electron chi connectivity index (χ4n) is 3.34. The molecule has 2 heterocycles. The van der Waals surface area contributed by atoms with E-state index in [0.717, 1.165) is 38.0 Å². The van der Waals surface area contributed by atoms with Gasteiger partial charge < -0.3 is 20.5 Å². The predicted molar refractivity (Wildman–Crippen MR) is 96.5 cm³/mol. The van der Waals surface area contributed by atoms with Gasteiger partial charge in [0, 0.05) is 25.8 Å². The van der Waals surface area contributed by atoms with Crippen LogP contribution < -0.4 is 16.6 Å². The quantitative estimate of drug-likeness (QED) is 0.724. The number of aromatic nitrogens is 1. The zero-order valence-corrected chi connectivity index (χ0v) is 15.3. The number of primary amides is 1. The van der Waals surface area contributed by atoms with Crippen molar-refractivity contribution in [3.63, 3.8) is 0 Å². The van der Waals surface area contributed by atoms with Crippen molar-refractivity contribution in [2.75, 3.05) is 26.2 Å². The van der Waals surface area contributed by atoms with Crippen LogP contribution in [-0.2, 0) is 11.8 Å². The summed E-state index contributed by atoms with van der Waals surface area (Å²) in [6.07, 6.45) is 2.60. The average molecular weight is 348 g/mol. The molecule has 1 aliphatic rings. The van der Waals surface area contributed by atoms with Gasteiger partial charge in [-0.2, -0.15) is 0 Å². The van der Waals surface area contributed by atoms with Gasteiger partial charge in [-0.15, -0.1) is 0 Å². The summed E-state index contributed by atoms with van der Waals surface area (Å²) >= 11 is 0. The van der Waals surface area contributed by atoms with E-state index in [-0.39, 0.29) is 28.9 Å². The number of hydrogen-bond donors (Lipinski definition) is 2. The molecule has 0 unspecified atom stereocenters. The van der Waals surface area contributed by atoms with Crippen LogP contribution in [0.3, 0.4) is 0 Å². The number of hydrogen-bond acceptors (Lipinski definition) is 4. The molecule has 0 saturated carbocycles. The molecule has 0 radical (unpaired) electrons. The van der Waals surface area contributed by atoms with E-state index in [1.165, 1.54) is 4.57 Å². The minimum absolute atomic E-state index is 0.0680. The number of likely N-dealkylation sites (tertiary alicyclic amines) is 1. The van der Waals surface area contributed by atoms with E-state index >= 15 is 0 Å². The first-order valence-electron chi connectivity index (χ1n) is 8.78. The Morgan fingerprint density at radius 1 is 1.36 bits per heavy atom. The van der Waals surface area contributed by atoms with Crippen LogP contribution in [0.1, 0.15) is 40.9 Å². The number of carbonyl (C=O) groups excluding carboxylic acids is 2. The molecule has 0 bridgehead atoms. The summed E-state index contributed by atoms with van der Waals surface area (Å²) in [5.41, 5.74) is 6.85. The molecule has 2 rings (SSSR count). The van der Waals surface area contributed by atoms with Gasteiger partial charge in [-0.3, -0.25) is 14.4 Å². The maximum absolute atomic E-state index is 12.3. The van der Waals surface area contributed by atoms with E-state index < -0.39 is 0 Å². The van der Waals surface area contributed by atoms with Gasteiger partial charge in [-0.25, -0.2) is 0 Å². The molecule has 0 spiro atoms. The largest absolute Gasteiger partial charge is 0.369 e. The molecule has 1 aliphatic heterocycles. The molecule has 0 aromatic carbocycles. The standard InChI is InChI=1S/C18H28N4O3/c1-12-10-13(2)21(3)18(25)15(12)17(24)20-7-5-9-22-8-4-6-14(11-22)16(19)23/h10,14H,4-9,11H2,1-3H3,(H2,19,23)(H,20,24)/t14-/m1/s1. The summed E-state index contributed by atoms with van der Waals surface area (Å²) in [6, 6.07) is 1.84. The van der Waals surface area contributed by atoms with Crippen molar-refractivity contribution in [1.82, 2.24) is 14.8 Å². The van der Waals surface area contributed by atoms with E-state index in [4.69, 9.17) is 5.73 Å². The van der Waals surface area contributed by atoms with Gasteiger partial charge in [0.1, 0.15) is 5.56 Å². The number of amides is 2. The Hall–Kier alpha value is -2.15. The number of pyridine rings is 1. The molecule has 2 amide bonds. The lowest BCUT2D eigenvalue weighted by molar-refractivity contribution is -0.123. The zero-order valence-electron chi connectivity index (χ0n) is 15.3. The highest BCUT2D eigenvalue weighted by Gasteiger charge is 2.23. The third-order valence-corrected chi connectivity index (χ3v) is 4.94. The van der Waals surface area contributed by atoms with E-state index in [1.807, 2.05) is 13.0 Å². The van der Waals surface area contributed by atoms with E-state index in [1.54, 1.807) is 14.0 Å². The lowest BCUT2D eigenvalue weighted by atomic mass is 9.97. The SMILES string of the molecule is Cc1cc(C)n(C)c(=O)c1C(=O)NCCCN1CCC[C@@H](C(N)=O)C1. The van der Waals surface area contributed by atoms with Crippen LogP contribution in [0.5, 0.6) is 0 Å². The van der Waals surface area contributed by atoms with Gasteiger partial charge in [-0.1, -0.05) is 0 Å². The predicted octanol–water partition coefficient (Wildman–Crippen LogP) is 0.319. The highest BCUT2D eigenvalue weighted by atomic mass is 16.2. The molecule has 1 atom stereocenters. The molecule has 1 saturated heterocycles. The molecule has 1 aromatic heterocycles. The van der Waals surface area contributed by atoms with E-state index in [9.17, 15) is 14.4 Å². The highest BCUT2D eigenvalue weighted by Crippen LogP contribution is 2.15. The van der Waals surface area contributed by atoms with Gasteiger partial charge in [0.25, 0.3) is 11.5 Å². The highest BCUT2D eigenvalue weighted by molar-refractivity contribution is 5.95. The molecule has 25 heavy (non-hydrogen) atoms. The number of nitrogens with one attached hydrogen (secondary N) is 1. The van der Waals surface area contributed by atoms with Crippen molar-refractivity contribution in [2.24, 2.45) is 18.7 Å². The summed E-state index contributed by atoms with van der Waals surface area (Å²) in [7, 11) is 1.67. The second-order valence-electron chi connectivity index (χ2n) is 6.86. The second-order valence-corrected chi connectivity index (χ2v) is 6.86. The van der Waals surface area contributed by atoms with Crippen LogP contribution >= 0.6 is 0 Å². The number of nitrogens with zero attached hydrogens (tertiary/aromatic N) is 2. The molecule has 138 valence electrons. The Balaban J connectivity index is 1.85. The fraction of sp³-hybridized carbons (Fsp3) is 0.611. The summed E-state index contributed by atoms with van der Waals surface area (Å²) in [5.74, 6) is -0.628. The smallest absolute Gasteiger partial charge is 0.263 e. The van der Waals surface area contributed by atoms with Gasteiger partial charge in [-0.05, 0) is 57.8 Å².